The van der Waals surface area contributed by atoms with Gasteiger partial charge in [0.25, 0.3) is 5.91 Å². The summed E-state index contributed by atoms with van der Waals surface area (Å²) in [5, 5.41) is 12.4. The van der Waals surface area contributed by atoms with E-state index in [0.29, 0.717) is 5.56 Å². The molecule has 0 saturated heterocycles. The summed E-state index contributed by atoms with van der Waals surface area (Å²) < 4.78 is 0. The molecule has 2 aromatic carbocycles. The first-order valence-corrected chi connectivity index (χ1v) is 7.22. The molecule has 0 radical (unpaired) electrons. The van der Waals surface area contributed by atoms with Crippen LogP contribution in [0.2, 0.25) is 0 Å². The van der Waals surface area contributed by atoms with E-state index < -0.39 is 0 Å². The van der Waals surface area contributed by atoms with Crippen LogP contribution in [-0.4, -0.2) is 17.6 Å². The normalized spacial score (nSPS) is 12.0. The summed E-state index contributed by atoms with van der Waals surface area (Å²) in [6.45, 7) is 3.88. The van der Waals surface area contributed by atoms with Gasteiger partial charge in [-0.05, 0) is 36.1 Å². The van der Waals surface area contributed by atoms with E-state index in [0.717, 1.165) is 17.5 Å². The molecular weight excluding hydrogens is 262 g/mol. The summed E-state index contributed by atoms with van der Waals surface area (Å²) in [4.78, 5) is 12.3. The molecule has 0 fully saturated rings. The smallest absolute Gasteiger partial charge is 0.252 e. The van der Waals surface area contributed by atoms with Crippen molar-refractivity contribution in [3.63, 3.8) is 0 Å². The zero-order chi connectivity index (χ0) is 15.2. The zero-order valence-corrected chi connectivity index (χ0v) is 12.5. The Bertz CT molecular complexity index is 605. The van der Waals surface area contributed by atoms with Gasteiger partial charge in [0, 0.05) is 5.56 Å². The molecule has 21 heavy (non-hydrogen) atoms. The van der Waals surface area contributed by atoms with Crippen molar-refractivity contribution >= 4 is 5.91 Å². The largest absolute Gasteiger partial charge is 0.394 e. The van der Waals surface area contributed by atoms with Crippen molar-refractivity contribution in [2.75, 3.05) is 6.61 Å². The van der Waals surface area contributed by atoms with Gasteiger partial charge in [0.1, 0.15) is 0 Å². The number of carbonyl (C=O) groups is 1. The van der Waals surface area contributed by atoms with Crippen molar-refractivity contribution < 1.29 is 9.90 Å². The molecule has 0 bridgehead atoms. The first-order chi connectivity index (χ1) is 10.2. The molecule has 0 saturated carbocycles. The van der Waals surface area contributed by atoms with Gasteiger partial charge in [0.15, 0.2) is 0 Å². The number of hydrogen-bond donors (Lipinski definition) is 2. The lowest BCUT2D eigenvalue weighted by Gasteiger charge is -2.18. The predicted octanol–water partition coefficient (Wildman–Crippen LogP) is 3.02. The minimum absolute atomic E-state index is 0.122. The highest BCUT2D eigenvalue weighted by Gasteiger charge is 2.15. The molecule has 2 rings (SSSR count). The van der Waals surface area contributed by atoms with E-state index in [-0.39, 0.29) is 18.6 Å². The van der Waals surface area contributed by atoms with Gasteiger partial charge in [0.2, 0.25) is 0 Å². The molecule has 0 aliphatic carbocycles. The van der Waals surface area contributed by atoms with Crippen LogP contribution < -0.4 is 5.32 Å². The Kier molecular flexibility index (Phi) is 5.12. The Morgan fingerprint density at radius 3 is 2.38 bits per heavy atom. The summed E-state index contributed by atoms with van der Waals surface area (Å²) >= 11 is 0. The fourth-order valence-corrected chi connectivity index (χ4v) is 2.28. The molecule has 2 aromatic rings. The Morgan fingerprint density at radius 2 is 1.81 bits per heavy atom. The number of amides is 1. The third kappa shape index (κ3) is 3.70. The van der Waals surface area contributed by atoms with Crippen LogP contribution in [0, 0.1) is 6.92 Å². The predicted molar refractivity (Wildman–Crippen MR) is 84.3 cm³/mol. The molecule has 0 spiro atoms. The minimum atomic E-state index is -0.386. The number of benzene rings is 2. The summed E-state index contributed by atoms with van der Waals surface area (Å²) in [6.07, 6.45) is 0.972. The summed E-state index contributed by atoms with van der Waals surface area (Å²) in [7, 11) is 0. The Balaban J connectivity index is 2.15. The second kappa shape index (κ2) is 7.04. The van der Waals surface area contributed by atoms with Gasteiger partial charge >= 0.3 is 0 Å². The maximum atomic E-state index is 12.3. The van der Waals surface area contributed by atoms with Gasteiger partial charge in [0.05, 0.1) is 12.6 Å². The number of carbonyl (C=O) groups excluding carboxylic acids is 1. The van der Waals surface area contributed by atoms with Crippen LogP contribution >= 0.6 is 0 Å². The van der Waals surface area contributed by atoms with E-state index in [2.05, 4.69) is 12.2 Å². The SMILES string of the molecule is CCc1ccc(C(CO)NC(=O)c2ccccc2C)cc1. The third-order valence-electron chi connectivity index (χ3n) is 3.67. The van der Waals surface area contributed by atoms with E-state index in [1.54, 1.807) is 6.07 Å². The molecule has 0 aromatic heterocycles. The molecule has 0 aliphatic rings. The highest BCUT2D eigenvalue weighted by Crippen LogP contribution is 2.16. The van der Waals surface area contributed by atoms with E-state index in [1.165, 1.54) is 5.56 Å². The van der Waals surface area contributed by atoms with Crippen LogP contribution in [0.3, 0.4) is 0 Å². The number of aliphatic hydroxyl groups excluding tert-OH is 1. The van der Waals surface area contributed by atoms with Crippen molar-refractivity contribution in [3.8, 4) is 0 Å². The maximum Gasteiger partial charge on any atom is 0.252 e. The first-order valence-electron chi connectivity index (χ1n) is 7.22. The highest BCUT2D eigenvalue weighted by molar-refractivity contribution is 5.95. The molecule has 0 heterocycles. The van der Waals surface area contributed by atoms with Crippen LogP contribution in [-0.2, 0) is 6.42 Å². The average molecular weight is 283 g/mol. The summed E-state index contributed by atoms with van der Waals surface area (Å²) in [6, 6.07) is 15.0. The quantitative estimate of drug-likeness (QED) is 0.886. The third-order valence-corrected chi connectivity index (χ3v) is 3.67. The molecule has 110 valence electrons. The van der Waals surface area contributed by atoms with E-state index in [9.17, 15) is 9.90 Å². The molecular formula is C18H21NO2. The second-order valence-electron chi connectivity index (χ2n) is 5.12. The molecule has 1 atom stereocenters. The highest BCUT2D eigenvalue weighted by atomic mass is 16.3. The lowest BCUT2D eigenvalue weighted by molar-refractivity contribution is 0.0915. The van der Waals surface area contributed by atoms with E-state index >= 15 is 0 Å². The first kappa shape index (κ1) is 15.3. The van der Waals surface area contributed by atoms with Crippen LogP contribution in [0.1, 0.15) is 40.0 Å². The fraction of sp³-hybridized carbons (Fsp3) is 0.278. The Labute approximate surface area is 125 Å². The molecule has 3 nitrogen and oxygen atoms in total. The van der Waals surface area contributed by atoms with Gasteiger partial charge in [-0.25, -0.2) is 0 Å². The van der Waals surface area contributed by atoms with E-state index in [4.69, 9.17) is 0 Å². The van der Waals surface area contributed by atoms with Crippen LogP contribution in [0.4, 0.5) is 0 Å². The molecule has 0 aliphatic heterocycles. The van der Waals surface area contributed by atoms with Crippen LogP contribution in [0.5, 0.6) is 0 Å². The number of aliphatic hydroxyl groups is 1. The summed E-state index contributed by atoms with van der Waals surface area (Å²) in [5.74, 6) is -0.160. The van der Waals surface area contributed by atoms with Gasteiger partial charge in [-0.2, -0.15) is 0 Å². The van der Waals surface area contributed by atoms with Crippen molar-refractivity contribution in [3.05, 3.63) is 70.8 Å². The average Bonchev–Trinajstić information content (AvgIpc) is 2.53. The van der Waals surface area contributed by atoms with Gasteiger partial charge in [-0.15, -0.1) is 0 Å². The van der Waals surface area contributed by atoms with Gasteiger partial charge < -0.3 is 10.4 Å². The number of rotatable bonds is 5. The Hall–Kier alpha value is -2.13. The monoisotopic (exact) mass is 283 g/mol. The molecule has 1 unspecified atom stereocenters. The molecule has 2 N–H and O–H groups in total. The zero-order valence-electron chi connectivity index (χ0n) is 12.5. The lowest BCUT2D eigenvalue weighted by Crippen LogP contribution is -2.31. The van der Waals surface area contributed by atoms with Gasteiger partial charge in [-0.3, -0.25) is 4.79 Å². The maximum absolute atomic E-state index is 12.3. The van der Waals surface area contributed by atoms with E-state index in [1.807, 2.05) is 49.4 Å². The molecule has 3 heteroatoms. The van der Waals surface area contributed by atoms with Crippen molar-refractivity contribution in [1.82, 2.24) is 5.32 Å². The fourth-order valence-electron chi connectivity index (χ4n) is 2.28. The standard InChI is InChI=1S/C18H21NO2/c1-3-14-8-10-15(11-9-14)17(12-20)19-18(21)16-7-5-4-6-13(16)2/h4-11,17,20H,3,12H2,1-2H3,(H,19,21). The van der Waals surface area contributed by atoms with Crippen LogP contribution in [0.25, 0.3) is 0 Å². The lowest BCUT2D eigenvalue weighted by atomic mass is 10.0. The minimum Gasteiger partial charge on any atom is -0.394 e. The topological polar surface area (TPSA) is 49.3 Å². The number of aryl methyl sites for hydroxylation is 2. The number of hydrogen-bond acceptors (Lipinski definition) is 2. The summed E-state index contributed by atoms with van der Waals surface area (Å²) in [5.41, 5.74) is 3.71. The number of nitrogens with one attached hydrogen (secondary N) is 1. The van der Waals surface area contributed by atoms with Crippen molar-refractivity contribution in [2.45, 2.75) is 26.3 Å². The second-order valence-corrected chi connectivity index (χ2v) is 5.12. The van der Waals surface area contributed by atoms with Crippen LogP contribution in [0.15, 0.2) is 48.5 Å². The Morgan fingerprint density at radius 1 is 1.14 bits per heavy atom. The van der Waals surface area contributed by atoms with Crippen molar-refractivity contribution in [2.24, 2.45) is 0 Å². The van der Waals surface area contributed by atoms with Crippen molar-refractivity contribution in [1.29, 1.82) is 0 Å². The molecule has 1 amide bonds. The van der Waals surface area contributed by atoms with Gasteiger partial charge in [-0.1, -0.05) is 49.4 Å².